The SMILES string of the molecule is O=C1[C@@H](c2ccccc2)NC(=S)N1C[C@@H]1CCCN1. The molecule has 2 N–H and O–H groups in total. The maximum atomic E-state index is 12.5. The minimum absolute atomic E-state index is 0.0601. The molecule has 2 aliphatic heterocycles. The Bertz CT molecular complexity index is 485. The fourth-order valence-electron chi connectivity index (χ4n) is 2.70. The number of benzene rings is 1. The molecule has 0 aromatic heterocycles. The van der Waals surface area contributed by atoms with E-state index >= 15 is 0 Å². The Morgan fingerprint density at radius 2 is 2.11 bits per heavy atom. The maximum Gasteiger partial charge on any atom is 0.255 e. The van der Waals surface area contributed by atoms with E-state index < -0.39 is 0 Å². The van der Waals surface area contributed by atoms with E-state index in [1.54, 1.807) is 4.90 Å². The van der Waals surface area contributed by atoms with E-state index in [0.717, 1.165) is 18.5 Å². The molecule has 0 unspecified atom stereocenters. The van der Waals surface area contributed by atoms with Gasteiger partial charge in [-0.3, -0.25) is 9.69 Å². The zero-order valence-corrected chi connectivity index (χ0v) is 11.5. The standard InChI is InChI=1S/C14H17N3OS/c18-13-12(10-5-2-1-3-6-10)16-14(19)17(13)9-11-7-4-8-15-11/h1-3,5-6,11-12,15H,4,7-9H2,(H,16,19)/t11-,12+/m0/s1. The van der Waals surface area contributed by atoms with Gasteiger partial charge >= 0.3 is 0 Å². The highest BCUT2D eigenvalue weighted by Gasteiger charge is 2.37. The molecule has 4 nitrogen and oxygen atoms in total. The third-order valence-corrected chi connectivity index (χ3v) is 4.06. The Balaban J connectivity index is 1.73. The van der Waals surface area contributed by atoms with Crippen molar-refractivity contribution in [3.63, 3.8) is 0 Å². The van der Waals surface area contributed by atoms with E-state index in [9.17, 15) is 4.79 Å². The van der Waals surface area contributed by atoms with E-state index in [-0.39, 0.29) is 11.9 Å². The summed E-state index contributed by atoms with van der Waals surface area (Å²) in [5.74, 6) is 0.0601. The van der Waals surface area contributed by atoms with Gasteiger partial charge in [-0.05, 0) is 37.2 Å². The van der Waals surface area contributed by atoms with Gasteiger partial charge in [0.2, 0.25) is 0 Å². The van der Waals surface area contributed by atoms with Crippen molar-refractivity contribution in [1.82, 2.24) is 15.5 Å². The molecule has 2 aliphatic rings. The summed E-state index contributed by atoms with van der Waals surface area (Å²) < 4.78 is 0. The predicted octanol–water partition coefficient (Wildman–Crippen LogP) is 1.20. The quantitative estimate of drug-likeness (QED) is 0.814. The molecular formula is C14H17N3OS. The smallest absolute Gasteiger partial charge is 0.255 e. The molecule has 100 valence electrons. The second kappa shape index (κ2) is 5.27. The van der Waals surface area contributed by atoms with Crippen LogP contribution in [0.1, 0.15) is 24.4 Å². The Morgan fingerprint density at radius 3 is 2.79 bits per heavy atom. The zero-order valence-electron chi connectivity index (χ0n) is 10.6. The third-order valence-electron chi connectivity index (χ3n) is 3.72. The minimum atomic E-state index is -0.324. The van der Waals surface area contributed by atoms with Gasteiger partial charge in [-0.15, -0.1) is 0 Å². The molecule has 19 heavy (non-hydrogen) atoms. The van der Waals surface area contributed by atoms with Gasteiger partial charge in [-0.25, -0.2) is 0 Å². The number of amides is 1. The van der Waals surface area contributed by atoms with Crippen LogP contribution in [0.2, 0.25) is 0 Å². The lowest BCUT2D eigenvalue weighted by molar-refractivity contribution is -0.127. The molecular weight excluding hydrogens is 258 g/mol. The van der Waals surface area contributed by atoms with Crippen LogP contribution in [0.15, 0.2) is 30.3 Å². The molecule has 2 heterocycles. The van der Waals surface area contributed by atoms with Crippen LogP contribution in [0.25, 0.3) is 0 Å². The molecule has 1 aromatic carbocycles. The number of nitrogens with one attached hydrogen (secondary N) is 2. The first kappa shape index (κ1) is 12.6. The van der Waals surface area contributed by atoms with Crippen molar-refractivity contribution in [3.8, 4) is 0 Å². The third kappa shape index (κ3) is 2.48. The van der Waals surface area contributed by atoms with Crippen molar-refractivity contribution in [3.05, 3.63) is 35.9 Å². The number of nitrogens with zero attached hydrogens (tertiary/aromatic N) is 1. The second-order valence-electron chi connectivity index (χ2n) is 5.04. The van der Waals surface area contributed by atoms with Gasteiger partial charge in [0.15, 0.2) is 5.11 Å². The Morgan fingerprint density at radius 1 is 1.32 bits per heavy atom. The molecule has 0 aliphatic carbocycles. The molecule has 2 saturated heterocycles. The lowest BCUT2D eigenvalue weighted by atomic mass is 10.1. The summed E-state index contributed by atoms with van der Waals surface area (Å²) in [6.07, 6.45) is 2.29. The van der Waals surface area contributed by atoms with E-state index in [1.165, 1.54) is 6.42 Å². The maximum absolute atomic E-state index is 12.5. The average Bonchev–Trinajstić information content (AvgIpc) is 3.03. The van der Waals surface area contributed by atoms with Crippen molar-refractivity contribution in [2.75, 3.05) is 13.1 Å². The van der Waals surface area contributed by atoms with Gasteiger partial charge in [0.05, 0.1) is 0 Å². The van der Waals surface area contributed by atoms with Crippen LogP contribution < -0.4 is 10.6 Å². The van der Waals surface area contributed by atoms with Crippen LogP contribution in [0.5, 0.6) is 0 Å². The number of carbonyl (C=O) groups excluding carboxylic acids is 1. The molecule has 0 radical (unpaired) electrons. The minimum Gasteiger partial charge on any atom is -0.347 e. The largest absolute Gasteiger partial charge is 0.347 e. The van der Waals surface area contributed by atoms with Gasteiger partial charge in [0.25, 0.3) is 5.91 Å². The van der Waals surface area contributed by atoms with E-state index in [2.05, 4.69) is 10.6 Å². The molecule has 1 amide bonds. The van der Waals surface area contributed by atoms with Gasteiger partial charge < -0.3 is 10.6 Å². The Kier molecular flexibility index (Phi) is 3.48. The number of thiocarbonyl (C=S) groups is 1. The van der Waals surface area contributed by atoms with Crippen LogP contribution in [0, 0.1) is 0 Å². The number of hydrogen-bond acceptors (Lipinski definition) is 3. The van der Waals surface area contributed by atoms with Gasteiger partial charge in [-0.2, -0.15) is 0 Å². The summed E-state index contributed by atoms with van der Waals surface area (Å²) in [5, 5.41) is 7.07. The zero-order chi connectivity index (χ0) is 13.2. The van der Waals surface area contributed by atoms with Crippen LogP contribution >= 0.6 is 12.2 Å². The lowest BCUT2D eigenvalue weighted by Gasteiger charge is -2.19. The van der Waals surface area contributed by atoms with Crippen molar-refractivity contribution >= 4 is 23.2 Å². The summed E-state index contributed by atoms with van der Waals surface area (Å²) in [4.78, 5) is 14.2. The van der Waals surface area contributed by atoms with Crippen LogP contribution in [0.3, 0.4) is 0 Å². The molecule has 5 heteroatoms. The monoisotopic (exact) mass is 275 g/mol. The first-order valence-corrected chi connectivity index (χ1v) is 7.07. The molecule has 0 bridgehead atoms. The topological polar surface area (TPSA) is 44.4 Å². The van der Waals surface area contributed by atoms with Crippen LogP contribution in [-0.4, -0.2) is 35.1 Å². The van der Waals surface area contributed by atoms with Crippen molar-refractivity contribution in [2.45, 2.75) is 24.9 Å². The van der Waals surface area contributed by atoms with Gasteiger partial charge in [0, 0.05) is 12.6 Å². The highest BCUT2D eigenvalue weighted by atomic mass is 32.1. The Hall–Kier alpha value is -1.46. The molecule has 0 spiro atoms. The number of hydrogen-bond donors (Lipinski definition) is 2. The normalized spacial score (nSPS) is 26.8. The van der Waals surface area contributed by atoms with Crippen molar-refractivity contribution in [2.24, 2.45) is 0 Å². The number of carbonyl (C=O) groups is 1. The fraction of sp³-hybridized carbons (Fsp3) is 0.429. The first-order chi connectivity index (χ1) is 9.25. The first-order valence-electron chi connectivity index (χ1n) is 6.66. The summed E-state index contributed by atoms with van der Waals surface area (Å²) in [5.41, 5.74) is 0.969. The highest BCUT2D eigenvalue weighted by Crippen LogP contribution is 2.22. The summed E-state index contributed by atoms with van der Waals surface area (Å²) in [6.45, 7) is 1.71. The fourth-order valence-corrected chi connectivity index (χ4v) is 2.98. The van der Waals surface area contributed by atoms with Crippen molar-refractivity contribution < 1.29 is 4.79 Å². The van der Waals surface area contributed by atoms with E-state index in [0.29, 0.717) is 17.7 Å². The van der Waals surface area contributed by atoms with E-state index in [1.807, 2.05) is 30.3 Å². The average molecular weight is 275 g/mol. The molecule has 2 atom stereocenters. The van der Waals surface area contributed by atoms with Crippen LogP contribution in [0.4, 0.5) is 0 Å². The second-order valence-corrected chi connectivity index (χ2v) is 5.42. The predicted molar refractivity (Wildman–Crippen MR) is 77.7 cm³/mol. The number of rotatable bonds is 3. The molecule has 0 saturated carbocycles. The lowest BCUT2D eigenvalue weighted by Crippen LogP contribution is -2.41. The van der Waals surface area contributed by atoms with E-state index in [4.69, 9.17) is 12.2 Å². The molecule has 1 aromatic rings. The Labute approximate surface area is 118 Å². The summed E-state index contributed by atoms with van der Waals surface area (Å²) >= 11 is 5.30. The highest BCUT2D eigenvalue weighted by molar-refractivity contribution is 7.80. The summed E-state index contributed by atoms with van der Waals surface area (Å²) in [6, 6.07) is 9.78. The molecule has 2 fully saturated rings. The van der Waals surface area contributed by atoms with Gasteiger partial charge in [-0.1, -0.05) is 30.3 Å². The van der Waals surface area contributed by atoms with Gasteiger partial charge in [0.1, 0.15) is 6.04 Å². The summed E-state index contributed by atoms with van der Waals surface area (Å²) in [7, 11) is 0. The van der Waals surface area contributed by atoms with Crippen LogP contribution in [-0.2, 0) is 4.79 Å². The van der Waals surface area contributed by atoms with Crippen molar-refractivity contribution in [1.29, 1.82) is 0 Å². The molecule has 3 rings (SSSR count).